The van der Waals surface area contributed by atoms with Crippen molar-refractivity contribution in [2.45, 2.75) is 134 Å². The minimum absolute atomic E-state index is 0.0867. The molecular formula is C36H46F6O. The van der Waals surface area contributed by atoms with E-state index in [4.69, 9.17) is 0 Å². The molecule has 3 fully saturated rings. The van der Waals surface area contributed by atoms with Crippen molar-refractivity contribution in [3.63, 3.8) is 0 Å². The number of hydrogen-bond donors (Lipinski definition) is 0. The SMILES string of the molecule is CCCCCC1CCC(c2cc(F)c(C3CCC(C4CCC(c5ccc(OC(F)(F)F)c(F)c5)CC4)CC3)c(F)c2)CC1. The Morgan fingerprint density at radius 1 is 0.628 bits per heavy atom. The van der Waals surface area contributed by atoms with Crippen LogP contribution in [0.1, 0.15) is 144 Å². The summed E-state index contributed by atoms with van der Waals surface area (Å²) < 4.78 is 86.2. The van der Waals surface area contributed by atoms with Crippen LogP contribution in [0.4, 0.5) is 26.3 Å². The third-order valence-corrected chi connectivity index (χ3v) is 10.9. The van der Waals surface area contributed by atoms with E-state index in [9.17, 15) is 17.6 Å². The maximum Gasteiger partial charge on any atom is 0.573 e. The van der Waals surface area contributed by atoms with Gasteiger partial charge in [0.25, 0.3) is 0 Å². The lowest BCUT2D eigenvalue weighted by Crippen LogP contribution is -2.25. The van der Waals surface area contributed by atoms with Crippen LogP contribution in [0, 0.1) is 35.2 Å². The Morgan fingerprint density at radius 3 is 1.67 bits per heavy atom. The van der Waals surface area contributed by atoms with Crippen molar-refractivity contribution in [3.8, 4) is 5.75 Å². The van der Waals surface area contributed by atoms with Crippen LogP contribution in [-0.4, -0.2) is 6.36 Å². The van der Waals surface area contributed by atoms with Crippen LogP contribution in [0.2, 0.25) is 0 Å². The van der Waals surface area contributed by atoms with E-state index in [1.54, 1.807) is 12.1 Å². The van der Waals surface area contributed by atoms with Crippen molar-refractivity contribution in [2.24, 2.45) is 17.8 Å². The van der Waals surface area contributed by atoms with Gasteiger partial charge < -0.3 is 4.74 Å². The normalized spacial score (nSPS) is 28.5. The molecule has 0 radical (unpaired) electrons. The molecule has 3 saturated carbocycles. The van der Waals surface area contributed by atoms with Gasteiger partial charge in [0.2, 0.25) is 0 Å². The van der Waals surface area contributed by atoms with Crippen LogP contribution >= 0.6 is 0 Å². The fourth-order valence-electron chi connectivity index (χ4n) is 8.48. The highest BCUT2D eigenvalue weighted by molar-refractivity contribution is 5.33. The number of halogens is 6. The van der Waals surface area contributed by atoms with Gasteiger partial charge in [-0.2, -0.15) is 0 Å². The van der Waals surface area contributed by atoms with Crippen LogP contribution in [0.5, 0.6) is 5.75 Å². The summed E-state index contributed by atoms with van der Waals surface area (Å²) in [5.74, 6) is -0.467. The quantitative estimate of drug-likeness (QED) is 0.203. The summed E-state index contributed by atoms with van der Waals surface area (Å²) >= 11 is 0. The van der Waals surface area contributed by atoms with Gasteiger partial charge in [0.1, 0.15) is 11.6 Å². The molecule has 0 heterocycles. The summed E-state index contributed by atoms with van der Waals surface area (Å²) in [7, 11) is 0. The molecule has 2 aromatic rings. The molecular weight excluding hydrogens is 562 g/mol. The second-order valence-corrected chi connectivity index (χ2v) is 13.6. The average Bonchev–Trinajstić information content (AvgIpc) is 2.98. The first-order valence-electron chi connectivity index (χ1n) is 16.6. The molecule has 238 valence electrons. The van der Waals surface area contributed by atoms with Gasteiger partial charge in [-0.1, -0.05) is 38.7 Å². The Morgan fingerprint density at radius 2 is 1.14 bits per heavy atom. The minimum atomic E-state index is -4.92. The van der Waals surface area contributed by atoms with Crippen LogP contribution in [-0.2, 0) is 0 Å². The van der Waals surface area contributed by atoms with Crippen molar-refractivity contribution in [1.82, 2.24) is 0 Å². The summed E-state index contributed by atoms with van der Waals surface area (Å²) in [5, 5.41) is 0. The van der Waals surface area contributed by atoms with E-state index in [2.05, 4.69) is 11.7 Å². The molecule has 5 rings (SSSR count). The van der Waals surface area contributed by atoms with E-state index >= 15 is 8.78 Å². The van der Waals surface area contributed by atoms with Crippen molar-refractivity contribution >= 4 is 0 Å². The lowest BCUT2D eigenvalue weighted by atomic mass is 9.67. The predicted octanol–water partition coefficient (Wildman–Crippen LogP) is 12.1. The molecule has 0 N–H and O–H groups in total. The Hall–Kier alpha value is -2.18. The molecule has 7 heteroatoms. The Balaban J connectivity index is 1.10. The summed E-state index contributed by atoms with van der Waals surface area (Å²) in [4.78, 5) is 0. The standard InChI is InChI=1S/C36H46F6O/c1-2-3-4-5-23-6-8-27(9-7-23)30-21-32(38)35(33(39)22-30)28-16-14-25(15-17-28)24-10-12-26(13-11-24)29-18-19-34(31(37)20-29)43-36(40,41)42/h18-28H,2-17H2,1H3. The topological polar surface area (TPSA) is 9.23 Å². The molecule has 0 saturated heterocycles. The molecule has 43 heavy (non-hydrogen) atoms. The molecule has 0 spiro atoms. The van der Waals surface area contributed by atoms with Gasteiger partial charge in [0.15, 0.2) is 11.6 Å². The number of unbranched alkanes of at least 4 members (excludes halogenated alkanes) is 2. The molecule has 0 amide bonds. The van der Waals surface area contributed by atoms with Gasteiger partial charge in [-0.25, -0.2) is 13.2 Å². The summed E-state index contributed by atoms with van der Waals surface area (Å²) in [6.45, 7) is 2.22. The van der Waals surface area contributed by atoms with Crippen LogP contribution < -0.4 is 4.74 Å². The second-order valence-electron chi connectivity index (χ2n) is 13.6. The number of benzene rings is 2. The first kappa shape index (κ1) is 32.2. The number of hydrogen-bond acceptors (Lipinski definition) is 1. The summed E-state index contributed by atoms with van der Waals surface area (Å²) in [5.41, 5.74) is 1.82. The van der Waals surface area contributed by atoms with Crippen LogP contribution in [0.3, 0.4) is 0 Å². The first-order valence-corrected chi connectivity index (χ1v) is 16.6. The molecule has 0 unspecified atom stereocenters. The number of alkyl halides is 3. The lowest BCUT2D eigenvalue weighted by Gasteiger charge is -2.38. The number of rotatable bonds is 9. The Bertz CT molecular complexity index is 1160. The maximum absolute atomic E-state index is 15.4. The minimum Gasteiger partial charge on any atom is -0.403 e. The zero-order chi connectivity index (χ0) is 30.6. The highest BCUT2D eigenvalue weighted by atomic mass is 19.4. The van der Waals surface area contributed by atoms with Crippen LogP contribution in [0.15, 0.2) is 30.3 Å². The lowest BCUT2D eigenvalue weighted by molar-refractivity contribution is -0.275. The molecule has 1 nitrogen and oxygen atoms in total. The van der Waals surface area contributed by atoms with E-state index in [0.717, 1.165) is 94.6 Å². The zero-order valence-electron chi connectivity index (χ0n) is 25.3. The fraction of sp³-hybridized carbons (Fsp3) is 0.667. The van der Waals surface area contributed by atoms with Crippen molar-refractivity contribution in [2.75, 3.05) is 0 Å². The zero-order valence-corrected chi connectivity index (χ0v) is 25.3. The molecule has 0 aliphatic heterocycles. The van der Waals surface area contributed by atoms with Crippen molar-refractivity contribution in [1.29, 1.82) is 0 Å². The van der Waals surface area contributed by atoms with E-state index in [-0.39, 0.29) is 35.0 Å². The second kappa shape index (κ2) is 14.3. The third kappa shape index (κ3) is 8.30. The van der Waals surface area contributed by atoms with Crippen LogP contribution in [0.25, 0.3) is 0 Å². The van der Waals surface area contributed by atoms with Gasteiger partial charge in [0, 0.05) is 5.56 Å². The summed E-state index contributed by atoms with van der Waals surface area (Å²) in [6.07, 6.45) is 11.6. The molecule has 0 aromatic heterocycles. The van der Waals surface area contributed by atoms with Gasteiger partial charge in [0.05, 0.1) is 0 Å². The van der Waals surface area contributed by atoms with Gasteiger partial charge >= 0.3 is 6.36 Å². The highest BCUT2D eigenvalue weighted by Gasteiger charge is 2.35. The molecule has 3 aliphatic rings. The Labute approximate surface area is 252 Å². The van der Waals surface area contributed by atoms with Crippen molar-refractivity contribution < 1.29 is 31.1 Å². The smallest absolute Gasteiger partial charge is 0.403 e. The molecule has 0 bridgehead atoms. The maximum atomic E-state index is 15.4. The molecule has 0 atom stereocenters. The van der Waals surface area contributed by atoms with E-state index in [1.165, 1.54) is 37.8 Å². The fourth-order valence-corrected chi connectivity index (χ4v) is 8.48. The highest BCUT2D eigenvalue weighted by Crippen LogP contribution is 2.47. The van der Waals surface area contributed by atoms with E-state index in [0.29, 0.717) is 17.4 Å². The van der Waals surface area contributed by atoms with Gasteiger partial charge in [-0.3, -0.25) is 0 Å². The first-order chi connectivity index (χ1) is 20.6. The Kier molecular flexibility index (Phi) is 10.7. The predicted molar refractivity (Wildman–Crippen MR) is 158 cm³/mol. The van der Waals surface area contributed by atoms with E-state index in [1.807, 2.05) is 0 Å². The largest absolute Gasteiger partial charge is 0.573 e. The molecule has 2 aromatic carbocycles. The van der Waals surface area contributed by atoms with Gasteiger partial charge in [-0.15, -0.1) is 13.2 Å². The van der Waals surface area contributed by atoms with E-state index < -0.39 is 17.9 Å². The monoisotopic (exact) mass is 608 g/mol. The van der Waals surface area contributed by atoms with Crippen molar-refractivity contribution in [3.05, 3.63) is 64.5 Å². The average molecular weight is 609 g/mol. The number of ether oxygens (including phenoxy) is 1. The molecule has 3 aliphatic carbocycles. The summed E-state index contributed by atoms with van der Waals surface area (Å²) in [6, 6.07) is 7.02. The van der Waals surface area contributed by atoms with Gasteiger partial charge in [-0.05, 0) is 148 Å². The third-order valence-electron chi connectivity index (χ3n) is 10.9.